The van der Waals surface area contributed by atoms with Crippen LogP contribution < -0.4 is 9.47 Å². The summed E-state index contributed by atoms with van der Waals surface area (Å²) >= 11 is 0. The van der Waals surface area contributed by atoms with Crippen LogP contribution in [0.4, 0.5) is 0 Å². The van der Waals surface area contributed by atoms with Crippen LogP contribution in [0.5, 0.6) is 11.5 Å². The van der Waals surface area contributed by atoms with Gasteiger partial charge in [0.1, 0.15) is 11.5 Å². The molecule has 0 N–H and O–H groups in total. The quantitative estimate of drug-likeness (QED) is 0.122. The molecule has 78 heavy (non-hydrogen) atoms. The summed E-state index contributed by atoms with van der Waals surface area (Å²) in [5, 5.41) is 27.8. The molecule has 2 heteroatoms. The number of benzene rings is 15. The van der Waals surface area contributed by atoms with Crippen molar-refractivity contribution in [3.05, 3.63) is 231 Å². The fourth-order valence-electron chi connectivity index (χ4n) is 14.9. The maximum atomic E-state index is 6.38. The number of rotatable bonds is 6. The average Bonchev–Trinajstić information content (AvgIpc) is 4.04. The number of para-hydroxylation sites is 2. The van der Waals surface area contributed by atoms with Crippen LogP contribution in [0.3, 0.4) is 0 Å². The van der Waals surface area contributed by atoms with Crippen LogP contribution in [0.15, 0.2) is 231 Å². The Labute approximate surface area is 448 Å². The van der Waals surface area contributed by atoms with E-state index in [1.165, 1.54) is 174 Å². The van der Waals surface area contributed by atoms with Crippen LogP contribution >= 0.6 is 0 Å². The summed E-state index contributed by atoms with van der Waals surface area (Å²) < 4.78 is 12.8. The number of ether oxygens (including phenoxy) is 2. The zero-order valence-corrected chi connectivity index (χ0v) is 42.8. The van der Waals surface area contributed by atoms with E-state index in [1.54, 1.807) is 14.2 Å². The van der Waals surface area contributed by atoms with Gasteiger partial charge in [0.15, 0.2) is 0 Å². The minimum atomic E-state index is 0.843. The fourth-order valence-corrected chi connectivity index (χ4v) is 14.9. The van der Waals surface area contributed by atoms with Gasteiger partial charge in [-0.05, 0) is 199 Å². The molecule has 1 aliphatic carbocycles. The van der Waals surface area contributed by atoms with Crippen molar-refractivity contribution >= 4 is 118 Å². The van der Waals surface area contributed by atoms with Gasteiger partial charge < -0.3 is 9.47 Å². The number of methoxy groups -OCH3 is 2. The molecule has 0 spiro atoms. The largest absolute Gasteiger partial charge is 0.496 e. The molecule has 0 aromatic heterocycles. The van der Waals surface area contributed by atoms with E-state index in [9.17, 15) is 0 Å². The average molecular weight is 989 g/mol. The van der Waals surface area contributed by atoms with Gasteiger partial charge in [-0.3, -0.25) is 0 Å². The number of hydrogen-bond donors (Lipinski definition) is 0. The van der Waals surface area contributed by atoms with Gasteiger partial charge in [0.05, 0.1) is 14.2 Å². The molecule has 0 bridgehead atoms. The zero-order valence-electron chi connectivity index (χ0n) is 42.8. The van der Waals surface area contributed by atoms with Gasteiger partial charge in [-0.1, -0.05) is 194 Å². The van der Waals surface area contributed by atoms with Gasteiger partial charge >= 0.3 is 0 Å². The van der Waals surface area contributed by atoms with E-state index < -0.39 is 0 Å². The molecule has 0 radical (unpaired) electrons. The van der Waals surface area contributed by atoms with E-state index in [0.717, 1.165) is 22.6 Å². The first-order valence-corrected chi connectivity index (χ1v) is 27.1. The summed E-state index contributed by atoms with van der Waals surface area (Å²) in [4.78, 5) is 0. The van der Waals surface area contributed by atoms with Crippen LogP contribution in [-0.2, 0) is 0 Å². The van der Waals surface area contributed by atoms with E-state index >= 15 is 0 Å². The Morgan fingerprint density at radius 1 is 0.205 bits per heavy atom. The van der Waals surface area contributed by atoms with Gasteiger partial charge in [-0.15, -0.1) is 0 Å². The number of hydrogen-bond acceptors (Lipinski definition) is 2. The van der Waals surface area contributed by atoms with Crippen LogP contribution in [-0.4, -0.2) is 14.2 Å². The van der Waals surface area contributed by atoms with Crippen LogP contribution in [0.2, 0.25) is 0 Å². The second-order valence-electron chi connectivity index (χ2n) is 21.5. The second-order valence-corrected chi connectivity index (χ2v) is 21.5. The topological polar surface area (TPSA) is 18.5 Å². The lowest BCUT2D eigenvalue weighted by atomic mass is 9.85. The third kappa shape index (κ3) is 5.31. The predicted molar refractivity (Wildman–Crippen MR) is 332 cm³/mol. The molecule has 2 nitrogen and oxygen atoms in total. The van der Waals surface area contributed by atoms with Gasteiger partial charge in [0, 0.05) is 22.3 Å². The molecule has 1 aliphatic rings. The molecule has 17 aromatic rings. The third-order valence-electron chi connectivity index (χ3n) is 18.0. The van der Waals surface area contributed by atoms with Gasteiger partial charge in [0.2, 0.25) is 0 Å². The maximum absolute atomic E-state index is 6.38. The number of fused-ring (bicyclic) bond motifs is 13. The maximum Gasteiger partial charge on any atom is 0.126 e. The first-order valence-electron chi connectivity index (χ1n) is 27.1. The first kappa shape index (κ1) is 42.2. The smallest absolute Gasteiger partial charge is 0.126 e. The van der Waals surface area contributed by atoms with Crippen LogP contribution in [0.1, 0.15) is 0 Å². The lowest BCUT2D eigenvalue weighted by Gasteiger charge is -2.19. The predicted octanol–water partition coefficient (Wildman–Crippen LogP) is 21.0. The van der Waals surface area contributed by atoms with E-state index in [4.69, 9.17) is 9.47 Å². The van der Waals surface area contributed by atoms with E-state index in [2.05, 4.69) is 231 Å². The molecule has 360 valence electrons. The molecule has 0 saturated heterocycles. The lowest BCUT2D eigenvalue weighted by Crippen LogP contribution is -1.94. The minimum absolute atomic E-state index is 0.843. The molecule has 0 aliphatic heterocycles. The lowest BCUT2D eigenvalue weighted by molar-refractivity contribution is 0.416. The van der Waals surface area contributed by atoms with Crippen molar-refractivity contribution in [3.63, 3.8) is 0 Å². The van der Waals surface area contributed by atoms with Gasteiger partial charge in [-0.25, -0.2) is 0 Å². The van der Waals surface area contributed by atoms with Crippen molar-refractivity contribution in [3.8, 4) is 78.3 Å². The SMILES string of the molecule is COc1ccccc1-c1c2cc3c(cc2c(-c2ccccc2OC)c2c4ccc5c6ccc7c8c(ccc(c9ccc(c12)c4c95)c86)-c1cc2ccccc2cc1-7)c1ccc(-c2ccccc2-c2ccccc2)c2cccc3c21. The standard InChI is InChI=1S/C76H44O2/c1-77-66-25-12-10-21-56(66)72-64-39-62-48-24-14-23-47-46(45-20-9-8-19-44(45)41-15-4-3-5-16-41)27-28-53(68(47)48)63(62)40-65(64)73(57-22-11-13-26-67(57)78-2)76-59-36-34-52-50-30-32-55-61-38-43-18-7-6-17-42(43)37-60(61)54-31-29-49(69(50)71(54)55)51-33-35-58(75(72)76)74(59)70(51)52/h3-40H,1-2H3. The zero-order chi connectivity index (χ0) is 51.1. The molecule has 0 amide bonds. The highest BCUT2D eigenvalue weighted by Gasteiger charge is 2.31. The second kappa shape index (κ2) is 15.3. The van der Waals surface area contributed by atoms with Crippen molar-refractivity contribution in [2.45, 2.75) is 0 Å². The summed E-state index contributed by atoms with van der Waals surface area (Å²) in [7, 11) is 3.61. The first-order chi connectivity index (χ1) is 38.6. The van der Waals surface area contributed by atoms with Crippen LogP contribution in [0.25, 0.3) is 185 Å². The minimum Gasteiger partial charge on any atom is -0.496 e. The van der Waals surface area contributed by atoms with E-state index in [-0.39, 0.29) is 0 Å². The summed E-state index contributed by atoms with van der Waals surface area (Å²) in [5.41, 5.74) is 14.7. The summed E-state index contributed by atoms with van der Waals surface area (Å²) in [6.07, 6.45) is 0. The molecule has 0 unspecified atom stereocenters. The highest BCUT2D eigenvalue weighted by atomic mass is 16.5. The molecule has 0 heterocycles. The monoisotopic (exact) mass is 988 g/mol. The third-order valence-corrected chi connectivity index (χ3v) is 18.0. The summed E-state index contributed by atoms with van der Waals surface area (Å²) in [6, 6.07) is 86.4. The highest BCUT2D eigenvalue weighted by molar-refractivity contribution is 6.48. The Morgan fingerprint density at radius 2 is 0.615 bits per heavy atom. The molecular formula is C76H44O2. The molecule has 0 atom stereocenters. The fraction of sp³-hybridized carbons (Fsp3) is 0.0263. The van der Waals surface area contributed by atoms with E-state index in [0.29, 0.717) is 0 Å². The van der Waals surface area contributed by atoms with Gasteiger partial charge in [-0.2, -0.15) is 0 Å². The summed E-state index contributed by atoms with van der Waals surface area (Å²) in [6.45, 7) is 0. The Hall–Kier alpha value is -10.0. The Morgan fingerprint density at radius 3 is 1.18 bits per heavy atom. The summed E-state index contributed by atoms with van der Waals surface area (Å²) in [5.74, 6) is 1.69. The molecule has 18 rings (SSSR count). The van der Waals surface area contributed by atoms with Crippen molar-refractivity contribution in [2.75, 3.05) is 14.2 Å². The molecule has 0 fully saturated rings. The Kier molecular flexibility index (Phi) is 8.29. The van der Waals surface area contributed by atoms with E-state index in [1.807, 2.05) is 0 Å². The molecule has 0 saturated carbocycles. The van der Waals surface area contributed by atoms with Gasteiger partial charge in [0.25, 0.3) is 0 Å². The highest BCUT2D eigenvalue weighted by Crippen LogP contribution is 2.59. The van der Waals surface area contributed by atoms with Crippen molar-refractivity contribution < 1.29 is 9.47 Å². The molecular weight excluding hydrogens is 945 g/mol. The van der Waals surface area contributed by atoms with Crippen molar-refractivity contribution in [1.29, 1.82) is 0 Å². The molecule has 17 aromatic carbocycles. The van der Waals surface area contributed by atoms with Crippen LogP contribution in [0, 0.1) is 0 Å². The Balaban J connectivity index is 0.995. The van der Waals surface area contributed by atoms with Crippen molar-refractivity contribution in [2.24, 2.45) is 0 Å². The normalized spacial score (nSPS) is 12.5. The Bertz CT molecular complexity index is 5200. The van der Waals surface area contributed by atoms with Crippen molar-refractivity contribution in [1.82, 2.24) is 0 Å².